The lowest BCUT2D eigenvalue weighted by atomic mass is 10.2. The van der Waals surface area contributed by atoms with E-state index in [0.29, 0.717) is 17.8 Å². The molecule has 26 heavy (non-hydrogen) atoms. The number of carbonyl (C=O) groups excluding carboxylic acids is 2. The minimum Gasteiger partial charge on any atom is -0.344 e. The minimum atomic E-state index is -0.828. The van der Waals surface area contributed by atoms with Crippen LogP contribution in [0.3, 0.4) is 0 Å². The summed E-state index contributed by atoms with van der Waals surface area (Å²) in [6, 6.07) is 15.0. The zero-order chi connectivity index (χ0) is 18.4. The first-order chi connectivity index (χ1) is 12.6. The highest BCUT2D eigenvalue weighted by atomic mass is 19.1. The van der Waals surface area contributed by atoms with Crippen molar-refractivity contribution in [1.82, 2.24) is 15.1 Å². The summed E-state index contributed by atoms with van der Waals surface area (Å²) in [6.07, 6.45) is 3.52. The largest absolute Gasteiger partial charge is 0.344 e. The molecule has 2 N–H and O–H groups in total. The third-order valence-electron chi connectivity index (χ3n) is 3.69. The van der Waals surface area contributed by atoms with Crippen LogP contribution in [0.2, 0.25) is 0 Å². The summed E-state index contributed by atoms with van der Waals surface area (Å²) >= 11 is 0. The maximum Gasteiger partial charge on any atom is 0.313 e. The van der Waals surface area contributed by atoms with E-state index in [4.69, 9.17) is 0 Å². The number of carbonyl (C=O) groups is 2. The van der Waals surface area contributed by atoms with Crippen LogP contribution in [0.1, 0.15) is 11.1 Å². The molecule has 0 bridgehead atoms. The molecule has 7 heteroatoms. The van der Waals surface area contributed by atoms with Crippen LogP contribution >= 0.6 is 0 Å². The fourth-order valence-corrected chi connectivity index (χ4v) is 2.41. The second-order valence-corrected chi connectivity index (χ2v) is 5.63. The Morgan fingerprint density at radius 2 is 1.88 bits per heavy atom. The van der Waals surface area contributed by atoms with Gasteiger partial charge in [0, 0.05) is 30.2 Å². The van der Waals surface area contributed by atoms with E-state index in [2.05, 4.69) is 15.7 Å². The first-order valence-corrected chi connectivity index (χ1v) is 8.01. The molecule has 0 unspecified atom stereocenters. The van der Waals surface area contributed by atoms with Crippen LogP contribution in [0, 0.1) is 5.82 Å². The fraction of sp³-hybridized carbons (Fsp3) is 0.105. The van der Waals surface area contributed by atoms with Crippen LogP contribution in [0.5, 0.6) is 0 Å². The molecule has 3 aromatic rings. The van der Waals surface area contributed by atoms with Gasteiger partial charge in [0.1, 0.15) is 5.82 Å². The predicted molar refractivity (Wildman–Crippen MR) is 94.6 cm³/mol. The lowest BCUT2D eigenvalue weighted by molar-refractivity contribution is -0.136. The van der Waals surface area contributed by atoms with Gasteiger partial charge in [0.2, 0.25) is 0 Å². The summed E-state index contributed by atoms with van der Waals surface area (Å²) in [5.41, 5.74) is 1.74. The molecule has 132 valence electrons. The van der Waals surface area contributed by atoms with E-state index in [-0.39, 0.29) is 6.54 Å². The highest BCUT2D eigenvalue weighted by molar-refractivity contribution is 6.39. The molecule has 0 aliphatic carbocycles. The molecule has 0 radical (unpaired) electrons. The van der Waals surface area contributed by atoms with Crippen molar-refractivity contribution in [3.8, 4) is 0 Å². The average Bonchev–Trinajstić information content (AvgIpc) is 3.14. The maximum absolute atomic E-state index is 13.5. The molecular weight excluding hydrogens is 335 g/mol. The van der Waals surface area contributed by atoms with E-state index in [0.717, 1.165) is 5.56 Å². The SMILES string of the molecule is O=C(NCc1ccccc1F)C(=O)Nc1cccc(Cn2cccn2)c1. The number of halogens is 1. The second kappa shape index (κ2) is 8.06. The Labute approximate surface area is 149 Å². The zero-order valence-electron chi connectivity index (χ0n) is 13.9. The van der Waals surface area contributed by atoms with Crippen LogP contribution in [-0.4, -0.2) is 21.6 Å². The number of nitrogens with zero attached hydrogens (tertiary/aromatic N) is 2. The minimum absolute atomic E-state index is 0.0573. The molecule has 0 atom stereocenters. The number of amides is 2. The van der Waals surface area contributed by atoms with Gasteiger partial charge in [-0.1, -0.05) is 30.3 Å². The molecule has 3 rings (SSSR count). The number of anilines is 1. The van der Waals surface area contributed by atoms with Gasteiger partial charge < -0.3 is 10.6 Å². The highest BCUT2D eigenvalue weighted by Gasteiger charge is 2.14. The highest BCUT2D eigenvalue weighted by Crippen LogP contribution is 2.12. The van der Waals surface area contributed by atoms with Crippen molar-refractivity contribution >= 4 is 17.5 Å². The van der Waals surface area contributed by atoms with Gasteiger partial charge in [-0.3, -0.25) is 14.3 Å². The van der Waals surface area contributed by atoms with Crippen LogP contribution < -0.4 is 10.6 Å². The van der Waals surface area contributed by atoms with Crippen molar-refractivity contribution in [3.05, 3.63) is 83.9 Å². The average molecular weight is 352 g/mol. The van der Waals surface area contributed by atoms with Gasteiger partial charge in [-0.25, -0.2) is 4.39 Å². The number of nitrogens with one attached hydrogen (secondary N) is 2. The molecule has 1 heterocycles. The second-order valence-electron chi connectivity index (χ2n) is 5.63. The lowest BCUT2D eigenvalue weighted by Crippen LogP contribution is -2.35. The number of rotatable bonds is 5. The van der Waals surface area contributed by atoms with Crippen molar-refractivity contribution in [3.63, 3.8) is 0 Å². The predicted octanol–water partition coefficient (Wildman–Crippen LogP) is 2.33. The van der Waals surface area contributed by atoms with Crippen molar-refractivity contribution in [2.75, 3.05) is 5.32 Å². The Bertz CT molecular complexity index is 909. The molecule has 2 amide bonds. The number of aromatic nitrogens is 2. The van der Waals surface area contributed by atoms with E-state index < -0.39 is 17.6 Å². The van der Waals surface area contributed by atoms with Gasteiger partial charge in [-0.05, 0) is 29.8 Å². The Balaban J connectivity index is 1.57. The summed E-state index contributed by atoms with van der Waals surface area (Å²) in [7, 11) is 0. The van der Waals surface area contributed by atoms with E-state index >= 15 is 0 Å². The summed E-state index contributed by atoms with van der Waals surface area (Å²) < 4.78 is 15.3. The van der Waals surface area contributed by atoms with E-state index in [1.165, 1.54) is 6.07 Å². The molecular formula is C19H17FN4O2. The smallest absolute Gasteiger partial charge is 0.313 e. The van der Waals surface area contributed by atoms with Gasteiger partial charge in [0.25, 0.3) is 0 Å². The van der Waals surface area contributed by atoms with Crippen LogP contribution in [-0.2, 0) is 22.7 Å². The van der Waals surface area contributed by atoms with Crippen molar-refractivity contribution in [2.45, 2.75) is 13.1 Å². The standard InChI is InChI=1S/C19H17FN4O2/c20-17-8-2-1-6-15(17)12-21-18(25)19(26)23-16-7-3-5-14(11-16)13-24-10-4-9-22-24/h1-11H,12-13H2,(H,21,25)(H,23,26). The van der Waals surface area contributed by atoms with Crippen molar-refractivity contribution < 1.29 is 14.0 Å². The first-order valence-electron chi connectivity index (χ1n) is 8.01. The summed E-state index contributed by atoms with van der Waals surface area (Å²) in [4.78, 5) is 23.9. The topological polar surface area (TPSA) is 76.0 Å². The molecule has 0 spiro atoms. The number of benzene rings is 2. The van der Waals surface area contributed by atoms with E-state index in [1.54, 1.807) is 47.3 Å². The molecule has 0 saturated carbocycles. The maximum atomic E-state index is 13.5. The van der Waals surface area contributed by atoms with E-state index in [9.17, 15) is 14.0 Å². The van der Waals surface area contributed by atoms with Gasteiger partial charge in [-0.15, -0.1) is 0 Å². The summed E-state index contributed by atoms with van der Waals surface area (Å²) in [5.74, 6) is -2.07. The number of hydrogen-bond donors (Lipinski definition) is 2. The fourth-order valence-electron chi connectivity index (χ4n) is 2.41. The molecule has 1 aromatic heterocycles. The Morgan fingerprint density at radius 3 is 2.65 bits per heavy atom. The monoisotopic (exact) mass is 352 g/mol. The Kier molecular flexibility index (Phi) is 5.38. The van der Waals surface area contributed by atoms with Crippen molar-refractivity contribution in [1.29, 1.82) is 0 Å². The van der Waals surface area contributed by atoms with Gasteiger partial charge >= 0.3 is 11.8 Å². The summed E-state index contributed by atoms with van der Waals surface area (Å²) in [6.45, 7) is 0.495. The third-order valence-corrected chi connectivity index (χ3v) is 3.69. The van der Waals surface area contributed by atoms with Crippen molar-refractivity contribution in [2.24, 2.45) is 0 Å². The Hall–Kier alpha value is -3.48. The summed E-state index contributed by atoms with van der Waals surface area (Å²) in [5, 5.41) is 9.07. The van der Waals surface area contributed by atoms with Crippen LogP contribution in [0.25, 0.3) is 0 Å². The van der Waals surface area contributed by atoms with Gasteiger partial charge in [0.15, 0.2) is 0 Å². The molecule has 0 fully saturated rings. The number of hydrogen-bond acceptors (Lipinski definition) is 3. The van der Waals surface area contributed by atoms with Crippen LogP contribution in [0.4, 0.5) is 10.1 Å². The Morgan fingerprint density at radius 1 is 1.04 bits per heavy atom. The molecule has 0 saturated heterocycles. The molecule has 2 aromatic carbocycles. The van der Waals surface area contributed by atoms with Gasteiger partial charge in [-0.2, -0.15) is 5.10 Å². The third kappa shape index (κ3) is 4.54. The zero-order valence-corrected chi connectivity index (χ0v) is 13.9. The lowest BCUT2D eigenvalue weighted by Gasteiger charge is -2.09. The normalized spacial score (nSPS) is 10.3. The van der Waals surface area contributed by atoms with Gasteiger partial charge in [0.05, 0.1) is 6.54 Å². The van der Waals surface area contributed by atoms with Crippen LogP contribution in [0.15, 0.2) is 67.0 Å². The first kappa shape index (κ1) is 17.3. The van der Waals surface area contributed by atoms with E-state index in [1.807, 2.05) is 18.3 Å². The molecule has 0 aliphatic rings. The quantitative estimate of drug-likeness (QED) is 0.692. The molecule has 6 nitrogen and oxygen atoms in total. The molecule has 0 aliphatic heterocycles.